The van der Waals surface area contributed by atoms with Gasteiger partial charge in [-0.3, -0.25) is 4.79 Å². The molecule has 3 atom stereocenters. The molecule has 2 aliphatic rings. The van der Waals surface area contributed by atoms with Crippen molar-refractivity contribution < 1.29 is 4.79 Å². The lowest BCUT2D eigenvalue weighted by molar-refractivity contribution is -0.118. The van der Waals surface area contributed by atoms with E-state index in [1.807, 2.05) is 37.2 Å². The van der Waals surface area contributed by atoms with Gasteiger partial charge in [-0.1, -0.05) is 18.0 Å². The van der Waals surface area contributed by atoms with E-state index in [1.54, 1.807) is 0 Å². The lowest BCUT2D eigenvalue weighted by atomic mass is 9.93. The number of benzene rings is 1. The normalized spacial score (nSPS) is 27.5. The Morgan fingerprint density at radius 2 is 2.19 bits per heavy atom. The Morgan fingerprint density at radius 3 is 2.90 bits per heavy atom. The fourth-order valence-corrected chi connectivity index (χ4v) is 3.99. The van der Waals surface area contributed by atoms with Crippen LogP contribution in [-0.2, 0) is 4.79 Å². The zero-order valence-electron chi connectivity index (χ0n) is 12.5. The molecule has 0 bridgehead atoms. The molecule has 1 aromatic carbocycles. The Labute approximate surface area is 130 Å². The van der Waals surface area contributed by atoms with Crippen molar-refractivity contribution in [2.24, 2.45) is 11.8 Å². The number of hydrogen-bond donors (Lipinski definition) is 2. The summed E-state index contributed by atoms with van der Waals surface area (Å²) < 4.78 is 0. The van der Waals surface area contributed by atoms with E-state index in [1.165, 1.54) is 12.8 Å². The molecule has 0 spiro atoms. The lowest BCUT2D eigenvalue weighted by Gasteiger charge is -2.19. The first kappa shape index (κ1) is 14.7. The van der Waals surface area contributed by atoms with E-state index in [9.17, 15) is 4.79 Å². The molecule has 1 aliphatic carbocycles. The van der Waals surface area contributed by atoms with Gasteiger partial charge < -0.3 is 15.5 Å². The molecular weight excluding hydrogens is 286 g/mol. The zero-order valence-corrected chi connectivity index (χ0v) is 13.3. The number of carbonyl (C=O) groups excluding carboxylic acids is 1. The first-order valence-electron chi connectivity index (χ1n) is 7.57. The molecule has 3 unspecified atom stereocenters. The predicted octanol–water partition coefficient (Wildman–Crippen LogP) is 2.73. The molecule has 0 aromatic heterocycles. The number of fused-ring (bicyclic) bond motifs is 1. The summed E-state index contributed by atoms with van der Waals surface area (Å²) in [5, 5.41) is 7.02. The van der Waals surface area contributed by atoms with Crippen molar-refractivity contribution in [2.45, 2.75) is 25.3 Å². The molecule has 1 saturated heterocycles. The SMILES string of the molecule is CN(C)c1ccc(NC(=O)C2NCC3CCCC32)cc1Cl. The molecule has 0 radical (unpaired) electrons. The minimum atomic E-state index is -0.0511. The molecule has 2 fully saturated rings. The highest BCUT2D eigenvalue weighted by atomic mass is 35.5. The second kappa shape index (κ2) is 5.85. The monoisotopic (exact) mass is 307 g/mol. The molecule has 1 amide bonds. The lowest BCUT2D eigenvalue weighted by Crippen LogP contribution is -2.39. The molecule has 1 aliphatic heterocycles. The molecular formula is C16H22ClN3O. The average molecular weight is 308 g/mol. The first-order valence-corrected chi connectivity index (χ1v) is 7.95. The zero-order chi connectivity index (χ0) is 15.0. The number of nitrogens with one attached hydrogen (secondary N) is 2. The Hall–Kier alpha value is -1.26. The van der Waals surface area contributed by atoms with Gasteiger partial charge in [-0.05, 0) is 49.4 Å². The molecule has 114 valence electrons. The minimum absolute atomic E-state index is 0.0511. The molecule has 21 heavy (non-hydrogen) atoms. The number of anilines is 2. The van der Waals surface area contributed by atoms with Crippen molar-refractivity contribution in [3.63, 3.8) is 0 Å². The van der Waals surface area contributed by atoms with E-state index in [4.69, 9.17) is 11.6 Å². The fraction of sp³-hybridized carbons (Fsp3) is 0.562. The van der Waals surface area contributed by atoms with Gasteiger partial charge in [-0.2, -0.15) is 0 Å². The predicted molar refractivity (Wildman–Crippen MR) is 87.0 cm³/mol. The number of hydrogen-bond acceptors (Lipinski definition) is 3. The van der Waals surface area contributed by atoms with Crippen LogP contribution in [0.25, 0.3) is 0 Å². The summed E-state index contributed by atoms with van der Waals surface area (Å²) in [6.45, 7) is 0.975. The van der Waals surface area contributed by atoms with E-state index in [2.05, 4.69) is 10.6 Å². The number of nitrogens with zero attached hydrogens (tertiary/aromatic N) is 1. The van der Waals surface area contributed by atoms with Crippen LogP contribution in [0.4, 0.5) is 11.4 Å². The highest BCUT2D eigenvalue weighted by Gasteiger charge is 2.42. The Morgan fingerprint density at radius 1 is 1.38 bits per heavy atom. The van der Waals surface area contributed by atoms with Gasteiger partial charge in [0.2, 0.25) is 5.91 Å². The highest BCUT2D eigenvalue weighted by molar-refractivity contribution is 6.33. The van der Waals surface area contributed by atoms with Crippen LogP contribution in [-0.4, -0.2) is 32.6 Å². The van der Waals surface area contributed by atoms with E-state index in [0.29, 0.717) is 16.9 Å². The first-order chi connectivity index (χ1) is 10.1. The van der Waals surface area contributed by atoms with Crippen LogP contribution < -0.4 is 15.5 Å². The van der Waals surface area contributed by atoms with Crippen molar-refractivity contribution >= 4 is 28.9 Å². The summed E-state index contributed by atoms with van der Waals surface area (Å²) in [4.78, 5) is 14.4. The highest BCUT2D eigenvalue weighted by Crippen LogP contribution is 2.38. The van der Waals surface area contributed by atoms with Crippen LogP contribution in [0.3, 0.4) is 0 Å². The van der Waals surface area contributed by atoms with Gasteiger partial charge in [0, 0.05) is 19.8 Å². The summed E-state index contributed by atoms with van der Waals surface area (Å²) in [7, 11) is 3.89. The largest absolute Gasteiger partial charge is 0.376 e. The second-order valence-electron chi connectivity index (χ2n) is 6.29. The smallest absolute Gasteiger partial charge is 0.241 e. The standard InChI is InChI=1S/C16H22ClN3O/c1-20(2)14-7-6-11(8-13(14)17)19-16(21)15-12-5-3-4-10(12)9-18-15/h6-8,10,12,15,18H,3-5,9H2,1-2H3,(H,19,21). The van der Waals surface area contributed by atoms with Crippen molar-refractivity contribution in [2.75, 3.05) is 30.9 Å². The van der Waals surface area contributed by atoms with Crippen molar-refractivity contribution in [3.8, 4) is 0 Å². The summed E-state index contributed by atoms with van der Waals surface area (Å²) in [5.41, 5.74) is 1.71. The molecule has 1 aromatic rings. The average Bonchev–Trinajstić information content (AvgIpc) is 3.00. The van der Waals surface area contributed by atoms with Crippen molar-refractivity contribution in [1.82, 2.24) is 5.32 Å². The van der Waals surface area contributed by atoms with Crippen LogP contribution in [0.1, 0.15) is 19.3 Å². The van der Waals surface area contributed by atoms with Gasteiger partial charge in [0.1, 0.15) is 0 Å². The Bertz CT molecular complexity index is 546. The topological polar surface area (TPSA) is 44.4 Å². The van der Waals surface area contributed by atoms with Crippen molar-refractivity contribution in [3.05, 3.63) is 23.2 Å². The summed E-state index contributed by atoms with van der Waals surface area (Å²) in [5.74, 6) is 1.25. The maximum Gasteiger partial charge on any atom is 0.241 e. The van der Waals surface area contributed by atoms with Gasteiger partial charge in [-0.15, -0.1) is 0 Å². The van der Waals surface area contributed by atoms with E-state index in [0.717, 1.165) is 24.3 Å². The molecule has 2 N–H and O–H groups in total. The van der Waals surface area contributed by atoms with Crippen LogP contribution >= 0.6 is 11.6 Å². The minimum Gasteiger partial charge on any atom is -0.376 e. The van der Waals surface area contributed by atoms with Gasteiger partial charge in [0.25, 0.3) is 0 Å². The second-order valence-corrected chi connectivity index (χ2v) is 6.70. The van der Waals surface area contributed by atoms with Gasteiger partial charge in [0.05, 0.1) is 16.8 Å². The van der Waals surface area contributed by atoms with E-state index in [-0.39, 0.29) is 11.9 Å². The van der Waals surface area contributed by atoms with E-state index < -0.39 is 0 Å². The van der Waals surface area contributed by atoms with Crippen LogP contribution in [0.5, 0.6) is 0 Å². The molecule has 4 nitrogen and oxygen atoms in total. The van der Waals surface area contributed by atoms with Gasteiger partial charge in [0.15, 0.2) is 0 Å². The maximum absolute atomic E-state index is 12.5. The summed E-state index contributed by atoms with van der Waals surface area (Å²) >= 11 is 6.25. The third-order valence-electron chi connectivity index (χ3n) is 4.73. The number of halogens is 1. The van der Waals surface area contributed by atoms with E-state index >= 15 is 0 Å². The Balaban J connectivity index is 1.69. The van der Waals surface area contributed by atoms with Gasteiger partial charge >= 0.3 is 0 Å². The molecule has 3 rings (SSSR count). The van der Waals surface area contributed by atoms with Crippen molar-refractivity contribution in [1.29, 1.82) is 0 Å². The number of carbonyl (C=O) groups is 1. The fourth-order valence-electron chi connectivity index (χ4n) is 3.64. The Kier molecular flexibility index (Phi) is 4.09. The van der Waals surface area contributed by atoms with Crippen LogP contribution in [0.2, 0.25) is 5.02 Å². The van der Waals surface area contributed by atoms with Crippen LogP contribution in [0, 0.1) is 11.8 Å². The molecule has 1 heterocycles. The quantitative estimate of drug-likeness (QED) is 0.902. The third-order valence-corrected chi connectivity index (χ3v) is 5.03. The summed E-state index contributed by atoms with van der Waals surface area (Å²) in [6, 6.07) is 5.60. The molecule has 1 saturated carbocycles. The number of amides is 1. The van der Waals surface area contributed by atoms with Crippen LogP contribution in [0.15, 0.2) is 18.2 Å². The molecule has 5 heteroatoms. The summed E-state index contributed by atoms with van der Waals surface area (Å²) in [6.07, 6.45) is 3.67. The van der Waals surface area contributed by atoms with Gasteiger partial charge in [-0.25, -0.2) is 0 Å². The number of rotatable bonds is 3. The maximum atomic E-state index is 12.5. The third kappa shape index (κ3) is 2.87.